The van der Waals surface area contributed by atoms with Gasteiger partial charge in [0, 0.05) is 6.07 Å². The Morgan fingerprint density at radius 1 is 1.11 bits per heavy atom. The van der Waals surface area contributed by atoms with Gasteiger partial charge in [0.2, 0.25) is 0 Å². The highest BCUT2D eigenvalue weighted by Gasteiger charge is 2.21. The molecule has 3 aromatic rings. The van der Waals surface area contributed by atoms with Crippen molar-refractivity contribution in [2.45, 2.75) is 27.4 Å². The number of ether oxygens (including phenoxy) is 1. The van der Waals surface area contributed by atoms with Gasteiger partial charge in [0.25, 0.3) is 5.91 Å². The molecule has 0 saturated heterocycles. The van der Waals surface area contributed by atoms with Gasteiger partial charge in [-0.2, -0.15) is 0 Å². The Bertz CT molecular complexity index is 979. The van der Waals surface area contributed by atoms with Gasteiger partial charge in [-0.1, -0.05) is 11.2 Å². The van der Waals surface area contributed by atoms with Crippen molar-refractivity contribution in [3.05, 3.63) is 76.2 Å². The first kappa shape index (κ1) is 18.6. The van der Waals surface area contributed by atoms with Crippen LogP contribution < -0.4 is 10.1 Å². The van der Waals surface area contributed by atoms with E-state index in [-0.39, 0.29) is 18.0 Å². The number of anilines is 1. The molecule has 2 aromatic carbocycles. The van der Waals surface area contributed by atoms with Crippen LogP contribution in [0.4, 0.5) is 14.5 Å². The van der Waals surface area contributed by atoms with Crippen molar-refractivity contribution in [2.75, 3.05) is 5.32 Å². The molecule has 1 N–H and O–H groups in total. The lowest BCUT2D eigenvalue weighted by Crippen LogP contribution is -2.16. The number of amides is 1. The number of benzene rings is 2. The number of halogens is 2. The van der Waals surface area contributed by atoms with Gasteiger partial charge in [0.05, 0.1) is 11.3 Å². The second kappa shape index (κ2) is 7.57. The summed E-state index contributed by atoms with van der Waals surface area (Å²) in [6.45, 7) is 5.64. The molecule has 27 heavy (non-hydrogen) atoms. The summed E-state index contributed by atoms with van der Waals surface area (Å²) in [5.41, 5.74) is 2.39. The van der Waals surface area contributed by atoms with Gasteiger partial charge in [-0.05, 0) is 56.2 Å². The van der Waals surface area contributed by atoms with Crippen molar-refractivity contribution in [3.63, 3.8) is 0 Å². The van der Waals surface area contributed by atoms with Gasteiger partial charge < -0.3 is 14.6 Å². The molecule has 0 spiro atoms. The number of aryl methyl sites for hydroxylation is 3. The molecule has 0 aliphatic heterocycles. The highest BCUT2D eigenvalue weighted by molar-refractivity contribution is 6.03. The highest BCUT2D eigenvalue weighted by atomic mass is 19.1. The lowest BCUT2D eigenvalue weighted by Gasteiger charge is -2.09. The first-order chi connectivity index (χ1) is 12.8. The molecule has 7 heteroatoms. The summed E-state index contributed by atoms with van der Waals surface area (Å²) in [5, 5.41) is 6.11. The van der Waals surface area contributed by atoms with E-state index in [9.17, 15) is 13.6 Å². The molecular formula is C20H18F2N2O3. The molecular weight excluding hydrogens is 354 g/mol. The monoisotopic (exact) mass is 372 g/mol. The average Bonchev–Trinajstić information content (AvgIpc) is 2.95. The fraction of sp³-hybridized carbons (Fsp3) is 0.200. The zero-order chi connectivity index (χ0) is 19.6. The Morgan fingerprint density at radius 2 is 1.81 bits per heavy atom. The van der Waals surface area contributed by atoms with E-state index < -0.39 is 17.5 Å². The van der Waals surface area contributed by atoms with E-state index in [2.05, 4.69) is 10.5 Å². The quantitative estimate of drug-likeness (QED) is 0.704. The second-order valence-corrected chi connectivity index (χ2v) is 6.26. The fourth-order valence-corrected chi connectivity index (χ4v) is 2.68. The third-order valence-electron chi connectivity index (χ3n) is 3.96. The third kappa shape index (κ3) is 4.31. The van der Waals surface area contributed by atoms with Crippen molar-refractivity contribution in [1.82, 2.24) is 5.16 Å². The SMILES string of the molecule is Cc1cc(C)cc(OCc2c(C(=O)Nc3ccc(F)cc3F)noc2C)c1. The van der Waals surface area contributed by atoms with Crippen LogP contribution in [0.15, 0.2) is 40.9 Å². The van der Waals surface area contributed by atoms with Crippen molar-refractivity contribution in [2.24, 2.45) is 0 Å². The maximum Gasteiger partial charge on any atom is 0.278 e. The maximum absolute atomic E-state index is 13.8. The molecule has 5 nitrogen and oxygen atoms in total. The van der Waals surface area contributed by atoms with Crippen LogP contribution in [-0.2, 0) is 6.61 Å². The molecule has 0 saturated carbocycles. The van der Waals surface area contributed by atoms with Crippen LogP contribution in [-0.4, -0.2) is 11.1 Å². The topological polar surface area (TPSA) is 64.4 Å². The fourth-order valence-electron chi connectivity index (χ4n) is 2.68. The molecule has 1 aromatic heterocycles. The maximum atomic E-state index is 13.8. The Kier molecular flexibility index (Phi) is 5.21. The summed E-state index contributed by atoms with van der Waals surface area (Å²) in [6.07, 6.45) is 0. The number of nitrogens with zero attached hydrogens (tertiary/aromatic N) is 1. The van der Waals surface area contributed by atoms with Crippen molar-refractivity contribution in [1.29, 1.82) is 0 Å². The number of carbonyl (C=O) groups is 1. The van der Waals surface area contributed by atoms with E-state index in [1.807, 2.05) is 32.0 Å². The summed E-state index contributed by atoms with van der Waals surface area (Å²) < 4.78 is 37.6. The van der Waals surface area contributed by atoms with Gasteiger partial charge in [-0.25, -0.2) is 8.78 Å². The number of aromatic nitrogens is 1. The van der Waals surface area contributed by atoms with Crippen LogP contribution in [0.3, 0.4) is 0 Å². The third-order valence-corrected chi connectivity index (χ3v) is 3.96. The largest absolute Gasteiger partial charge is 0.489 e. The van der Waals surface area contributed by atoms with E-state index in [1.165, 1.54) is 0 Å². The molecule has 0 fully saturated rings. The van der Waals surface area contributed by atoms with Gasteiger partial charge in [-0.15, -0.1) is 0 Å². The second-order valence-electron chi connectivity index (χ2n) is 6.26. The van der Waals surface area contributed by atoms with Crippen LogP contribution in [0.1, 0.15) is 32.9 Å². The summed E-state index contributed by atoms with van der Waals surface area (Å²) >= 11 is 0. The minimum Gasteiger partial charge on any atom is -0.489 e. The standard InChI is InChI=1S/C20H18F2N2O3/c1-11-6-12(2)8-15(7-11)26-10-16-13(3)27-24-19(16)20(25)23-18-5-4-14(21)9-17(18)22/h4-9H,10H2,1-3H3,(H,23,25). The van der Waals surface area contributed by atoms with Gasteiger partial charge >= 0.3 is 0 Å². The predicted octanol–water partition coefficient (Wildman–Crippen LogP) is 4.71. The molecule has 0 aliphatic rings. The van der Waals surface area contributed by atoms with Crippen LogP contribution in [0.2, 0.25) is 0 Å². The number of hydrogen-bond acceptors (Lipinski definition) is 4. The van der Waals surface area contributed by atoms with Crippen LogP contribution in [0.5, 0.6) is 5.75 Å². The summed E-state index contributed by atoms with van der Waals surface area (Å²) in [4.78, 5) is 12.5. The van der Waals surface area contributed by atoms with Crippen molar-refractivity contribution >= 4 is 11.6 Å². The zero-order valence-electron chi connectivity index (χ0n) is 15.1. The van der Waals surface area contributed by atoms with E-state index in [1.54, 1.807) is 6.92 Å². The number of hydrogen-bond donors (Lipinski definition) is 1. The minimum absolute atomic E-state index is 0.0133. The number of rotatable bonds is 5. The lowest BCUT2D eigenvalue weighted by atomic mass is 10.1. The Hall–Kier alpha value is -3.22. The lowest BCUT2D eigenvalue weighted by molar-refractivity contribution is 0.101. The Labute approximate surface area is 154 Å². The molecule has 0 atom stereocenters. The van der Waals surface area contributed by atoms with Crippen molar-refractivity contribution < 1.29 is 22.8 Å². The molecule has 0 aliphatic carbocycles. The molecule has 3 rings (SSSR count). The van der Waals surface area contributed by atoms with Gasteiger partial charge in [-0.3, -0.25) is 4.79 Å². The Morgan fingerprint density at radius 3 is 2.48 bits per heavy atom. The summed E-state index contributed by atoms with van der Waals surface area (Å²) in [5.74, 6) is -1.20. The zero-order valence-corrected chi connectivity index (χ0v) is 15.1. The number of carbonyl (C=O) groups excluding carboxylic acids is 1. The minimum atomic E-state index is -0.878. The van der Waals surface area contributed by atoms with Crippen LogP contribution in [0.25, 0.3) is 0 Å². The molecule has 0 bridgehead atoms. The predicted molar refractivity (Wildman–Crippen MR) is 95.8 cm³/mol. The normalized spacial score (nSPS) is 10.7. The Balaban J connectivity index is 1.78. The van der Waals surface area contributed by atoms with Gasteiger partial charge in [0.15, 0.2) is 5.69 Å². The molecule has 1 amide bonds. The average molecular weight is 372 g/mol. The summed E-state index contributed by atoms with van der Waals surface area (Å²) in [7, 11) is 0. The molecule has 140 valence electrons. The van der Waals surface area contributed by atoms with E-state index in [0.717, 1.165) is 23.3 Å². The smallest absolute Gasteiger partial charge is 0.278 e. The van der Waals surface area contributed by atoms with Crippen LogP contribution >= 0.6 is 0 Å². The van der Waals surface area contributed by atoms with Crippen molar-refractivity contribution in [3.8, 4) is 5.75 Å². The molecule has 0 radical (unpaired) electrons. The first-order valence-corrected chi connectivity index (χ1v) is 8.26. The van der Waals surface area contributed by atoms with E-state index in [0.29, 0.717) is 23.1 Å². The molecule has 1 heterocycles. The van der Waals surface area contributed by atoms with Crippen LogP contribution in [0, 0.1) is 32.4 Å². The number of nitrogens with one attached hydrogen (secondary N) is 1. The van der Waals surface area contributed by atoms with Gasteiger partial charge in [0.1, 0.15) is 29.8 Å². The highest BCUT2D eigenvalue weighted by Crippen LogP contribution is 2.22. The van der Waals surface area contributed by atoms with E-state index in [4.69, 9.17) is 9.26 Å². The van der Waals surface area contributed by atoms with E-state index >= 15 is 0 Å². The molecule has 0 unspecified atom stereocenters. The first-order valence-electron chi connectivity index (χ1n) is 8.26. The summed E-state index contributed by atoms with van der Waals surface area (Å²) in [6, 6.07) is 8.66.